The maximum absolute atomic E-state index is 12.2. The molecule has 26 heavy (non-hydrogen) atoms. The smallest absolute Gasteiger partial charge is 0.496 e. The van der Waals surface area contributed by atoms with E-state index < -0.39 is 6.36 Å². The standard InChI is InChI=1S/C17H16F3NO2.C3H8/c1-4-13-15(21)9-14(10(2)16(13)22-3)11-5-7-12(8-6-11)23-17(18,19)20;1-3-2/h4-9H,1,21H2,2-3H3;3H2,1-2H3. The molecule has 0 fully saturated rings. The minimum Gasteiger partial charge on any atom is -0.496 e. The molecule has 2 N–H and O–H groups in total. The third-order valence-corrected chi connectivity index (χ3v) is 3.41. The van der Waals surface area contributed by atoms with Gasteiger partial charge in [-0.25, -0.2) is 0 Å². The first-order valence-electron chi connectivity index (χ1n) is 8.14. The van der Waals surface area contributed by atoms with Gasteiger partial charge in [0.15, 0.2) is 0 Å². The van der Waals surface area contributed by atoms with Crippen LogP contribution in [0.5, 0.6) is 11.5 Å². The largest absolute Gasteiger partial charge is 0.573 e. The van der Waals surface area contributed by atoms with E-state index in [1.807, 2.05) is 6.92 Å². The summed E-state index contributed by atoms with van der Waals surface area (Å²) >= 11 is 0. The van der Waals surface area contributed by atoms with Gasteiger partial charge in [0.2, 0.25) is 0 Å². The van der Waals surface area contributed by atoms with Crippen LogP contribution in [0.15, 0.2) is 36.9 Å². The predicted octanol–water partition coefficient (Wildman–Crippen LogP) is 6.21. The fourth-order valence-electron chi connectivity index (χ4n) is 2.41. The van der Waals surface area contributed by atoms with Gasteiger partial charge in [0, 0.05) is 11.3 Å². The van der Waals surface area contributed by atoms with E-state index in [4.69, 9.17) is 10.5 Å². The Kier molecular flexibility index (Phi) is 7.56. The minimum atomic E-state index is -4.71. The van der Waals surface area contributed by atoms with Crippen LogP contribution < -0.4 is 15.2 Å². The van der Waals surface area contributed by atoms with E-state index in [2.05, 4.69) is 25.2 Å². The van der Waals surface area contributed by atoms with Crippen molar-refractivity contribution in [2.24, 2.45) is 0 Å². The van der Waals surface area contributed by atoms with Crippen LogP contribution in [0.2, 0.25) is 0 Å². The van der Waals surface area contributed by atoms with Crippen molar-refractivity contribution >= 4 is 11.8 Å². The van der Waals surface area contributed by atoms with Crippen LogP contribution in [0.3, 0.4) is 0 Å². The molecule has 0 bridgehead atoms. The van der Waals surface area contributed by atoms with Crippen molar-refractivity contribution in [3.8, 4) is 22.6 Å². The van der Waals surface area contributed by atoms with E-state index >= 15 is 0 Å². The third-order valence-electron chi connectivity index (χ3n) is 3.41. The molecular formula is C20H24F3NO2. The van der Waals surface area contributed by atoms with Crippen LogP contribution in [0.1, 0.15) is 31.4 Å². The molecule has 0 saturated carbocycles. The first-order valence-corrected chi connectivity index (χ1v) is 8.14. The molecule has 0 unspecified atom stereocenters. The highest BCUT2D eigenvalue weighted by atomic mass is 19.4. The number of hydrogen-bond acceptors (Lipinski definition) is 3. The lowest BCUT2D eigenvalue weighted by atomic mass is 9.95. The number of nitrogen functional groups attached to an aromatic ring is 1. The van der Waals surface area contributed by atoms with Crippen molar-refractivity contribution in [3.63, 3.8) is 0 Å². The van der Waals surface area contributed by atoms with Crippen molar-refractivity contribution in [3.05, 3.63) is 48.0 Å². The van der Waals surface area contributed by atoms with Gasteiger partial charge in [-0.3, -0.25) is 0 Å². The van der Waals surface area contributed by atoms with Gasteiger partial charge in [-0.1, -0.05) is 45.1 Å². The molecule has 6 heteroatoms. The molecule has 2 rings (SSSR count). The zero-order valence-corrected chi connectivity index (χ0v) is 15.4. The average Bonchev–Trinajstić information content (AvgIpc) is 2.56. The molecule has 3 nitrogen and oxygen atoms in total. The summed E-state index contributed by atoms with van der Waals surface area (Å²) in [7, 11) is 1.53. The van der Waals surface area contributed by atoms with Crippen molar-refractivity contribution in [1.29, 1.82) is 0 Å². The highest BCUT2D eigenvalue weighted by molar-refractivity contribution is 5.81. The van der Waals surface area contributed by atoms with E-state index in [-0.39, 0.29) is 5.75 Å². The summed E-state index contributed by atoms with van der Waals surface area (Å²) in [6.07, 6.45) is -1.86. The van der Waals surface area contributed by atoms with Crippen molar-refractivity contribution < 1.29 is 22.6 Å². The second-order valence-corrected chi connectivity index (χ2v) is 5.57. The molecule has 0 heterocycles. The van der Waals surface area contributed by atoms with Gasteiger partial charge in [-0.15, -0.1) is 13.2 Å². The molecule has 0 aliphatic rings. The molecule has 0 amide bonds. The summed E-state index contributed by atoms with van der Waals surface area (Å²) in [5.41, 5.74) is 9.46. The summed E-state index contributed by atoms with van der Waals surface area (Å²) in [5.74, 6) is 0.312. The first-order chi connectivity index (χ1) is 12.2. The number of benzene rings is 2. The Morgan fingerprint density at radius 2 is 1.69 bits per heavy atom. The monoisotopic (exact) mass is 367 g/mol. The van der Waals surface area contributed by atoms with Crippen LogP contribution >= 0.6 is 0 Å². The number of anilines is 1. The van der Waals surface area contributed by atoms with Crippen LogP contribution in [0, 0.1) is 6.92 Å². The highest BCUT2D eigenvalue weighted by Crippen LogP contribution is 2.38. The summed E-state index contributed by atoms with van der Waals surface area (Å²) in [5, 5.41) is 0. The lowest BCUT2D eigenvalue weighted by Crippen LogP contribution is -2.16. The number of nitrogens with two attached hydrogens (primary N) is 1. The molecular weight excluding hydrogens is 343 g/mol. The normalized spacial score (nSPS) is 10.6. The molecule has 0 spiro atoms. The van der Waals surface area contributed by atoms with Gasteiger partial charge in [-0.05, 0) is 41.8 Å². The Morgan fingerprint density at radius 1 is 1.15 bits per heavy atom. The Hall–Kier alpha value is -2.63. The summed E-state index contributed by atoms with van der Waals surface area (Å²) in [6, 6.07) is 7.33. The molecule has 142 valence electrons. The Bertz CT molecular complexity index is 738. The average molecular weight is 367 g/mol. The van der Waals surface area contributed by atoms with Gasteiger partial charge < -0.3 is 15.2 Å². The summed E-state index contributed by atoms with van der Waals surface area (Å²) in [4.78, 5) is 0. The molecule has 0 aliphatic carbocycles. The van der Waals surface area contributed by atoms with E-state index in [1.165, 1.54) is 37.8 Å². The number of methoxy groups -OCH3 is 1. The maximum atomic E-state index is 12.2. The second kappa shape index (κ2) is 9.17. The van der Waals surface area contributed by atoms with Crippen molar-refractivity contribution in [2.45, 2.75) is 33.6 Å². The van der Waals surface area contributed by atoms with Gasteiger partial charge >= 0.3 is 6.36 Å². The Morgan fingerprint density at radius 3 is 2.12 bits per heavy atom. The highest BCUT2D eigenvalue weighted by Gasteiger charge is 2.31. The number of rotatable bonds is 4. The zero-order chi connectivity index (χ0) is 19.9. The number of hydrogen-bond donors (Lipinski definition) is 1. The summed E-state index contributed by atoms with van der Waals surface area (Å²) in [6.45, 7) is 9.80. The van der Waals surface area contributed by atoms with Crippen LogP contribution in [-0.4, -0.2) is 13.5 Å². The molecule has 0 aliphatic heterocycles. The van der Waals surface area contributed by atoms with E-state index in [0.717, 1.165) is 11.1 Å². The van der Waals surface area contributed by atoms with Crippen molar-refractivity contribution in [1.82, 2.24) is 0 Å². The molecule has 2 aromatic carbocycles. The summed E-state index contributed by atoms with van der Waals surface area (Å²) < 4.78 is 45.8. The van der Waals surface area contributed by atoms with Crippen LogP contribution in [-0.2, 0) is 0 Å². The van der Waals surface area contributed by atoms with E-state index in [9.17, 15) is 13.2 Å². The third kappa shape index (κ3) is 5.44. The number of alkyl halides is 3. The zero-order valence-electron chi connectivity index (χ0n) is 15.4. The molecule has 0 saturated heterocycles. The maximum Gasteiger partial charge on any atom is 0.573 e. The first kappa shape index (κ1) is 21.4. The van der Waals surface area contributed by atoms with Crippen molar-refractivity contribution in [2.75, 3.05) is 12.8 Å². The number of halogens is 3. The van der Waals surface area contributed by atoms with E-state index in [0.29, 0.717) is 22.6 Å². The predicted molar refractivity (Wildman–Crippen MR) is 100 cm³/mol. The van der Waals surface area contributed by atoms with Gasteiger partial charge in [0.25, 0.3) is 0 Å². The lowest BCUT2D eigenvalue weighted by Gasteiger charge is -2.16. The van der Waals surface area contributed by atoms with E-state index in [1.54, 1.807) is 12.1 Å². The van der Waals surface area contributed by atoms with Gasteiger partial charge in [0.05, 0.1) is 7.11 Å². The second-order valence-electron chi connectivity index (χ2n) is 5.57. The van der Waals surface area contributed by atoms with Gasteiger partial charge in [-0.2, -0.15) is 0 Å². The molecule has 2 aromatic rings. The number of ether oxygens (including phenoxy) is 2. The Labute approximate surface area is 152 Å². The fourth-order valence-corrected chi connectivity index (χ4v) is 2.41. The quantitative estimate of drug-likeness (QED) is 0.653. The molecule has 0 atom stereocenters. The fraction of sp³-hybridized carbons (Fsp3) is 0.300. The topological polar surface area (TPSA) is 44.5 Å². The minimum absolute atomic E-state index is 0.276. The Balaban J connectivity index is 0.00000105. The SMILES string of the molecule is C=Cc1c(N)cc(-c2ccc(OC(F)(F)F)cc2)c(C)c1OC.CCC. The van der Waals surface area contributed by atoms with Gasteiger partial charge in [0.1, 0.15) is 11.5 Å². The lowest BCUT2D eigenvalue weighted by molar-refractivity contribution is -0.274. The molecule has 0 radical (unpaired) electrons. The van der Waals surface area contributed by atoms with Crippen LogP contribution in [0.25, 0.3) is 17.2 Å². The molecule has 0 aromatic heterocycles. The van der Waals surface area contributed by atoms with Crippen LogP contribution in [0.4, 0.5) is 18.9 Å².